The van der Waals surface area contributed by atoms with Crippen molar-refractivity contribution in [3.63, 3.8) is 0 Å². The van der Waals surface area contributed by atoms with E-state index in [1.165, 1.54) is 25.3 Å². The summed E-state index contributed by atoms with van der Waals surface area (Å²) in [6, 6.07) is 17.4. The predicted octanol–water partition coefficient (Wildman–Crippen LogP) is 5.12. The zero-order chi connectivity index (χ0) is 26.0. The molecule has 0 saturated heterocycles. The highest BCUT2D eigenvalue weighted by Crippen LogP contribution is 2.32. The van der Waals surface area contributed by atoms with Gasteiger partial charge in [0.25, 0.3) is 17.7 Å². The third-order valence-corrected chi connectivity index (χ3v) is 6.00. The first kappa shape index (κ1) is 25.0. The van der Waals surface area contributed by atoms with Gasteiger partial charge in [0.15, 0.2) is 0 Å². The van der Waals surface area contributed by atoms with Crippen LogP contribution in [0, 0.1) is 6.92 Å². The fraction of sp³-hybridized carbons (Fsp3) is 0.0769. The molecule has 8 nitrogen and oxygen atoms in total. The quantitative estimate of drug-likeness (QED) is 0.343. The normalized spacial score (nSPS) is 13.2. The number of rotatable bonds is 6. The Morgan fingerprint density at radius 3 is 2.25 bits per heavy atom. The number of halogens is 2. The van der Waals surface area contributed by atoms with E-state index in [2.05, 4.69) is 15.4 Å². The predicted molar refractivity (Wildman–Crippen MR) is 137 cm³/mol. The standard InChI is InChI=1S/C26H19Cl2N3O5/c1-14-6-7-16(23(32)29-18-10-8-15(9-11-18)26(35)36-2)12-20(14)30-22-21(28)24(33)31(25(22)34)19-5-3-4-17(27)13-19/h3-13,30H,1-2H3,(H,29,32). The van der Waals surface area contributed by atoms with Crippen LogP contribution in [0.5, 0.6) is 0 Å². The number of amides is 3. The highest BCUT2D eigenvalue weighted by Gasteiger charge is 2.39. The van der Waals surface area contributed by atoms with E-state index in [0.29, 0.717) is 33.1 Å². The third kappa shape index (κ3) is 4.95. The van der Waals surface area contributed by atoms with Crippen molar-refractivity contribution in [1.82, 2.24) is 0 Å². The van der Waals surface area contributed by atoms with Gasteiger partial charge in [-0.05, 0) is 67.1 Å². The second kappa shape index (κ2) is 10.2. The minimum absolute atomic E-state index is 0.110. The van der Waals surface area contributed by atoms with Crippen LogP contribution in [0.15, 0.2) is 77.5 Å². The molecule has 0 bridgehead atoms. The summed E-state index contributed by atoms with van der Waals surface area (Å²) in [7, 11) is 1.29. The Morgan fingerprint density at radius 1 is 0.889 bits per heavy atom. The molecule has 1 heterocycles. The molecule has 3 aromatic rings. The molecule has 0 fully saturated rings. The number of aryl methyl sites for hydroxylation is 1. The van der Waals surface area contributed by atoms with Gasteiger partial charge in [0.1, 0.15) is 10.7 Å². The SMILES string of the molecule is COC(=O)c1ccc(NC(=O)c2ccc(C)c(NC3=C(Cl)C(=O)N(c4cccc(Cl)c4)C3=O)c2)cc1. The number of esters is 1. The van der Waals surface area contributed by atoms with Crippen molar-refractivity contribution in [3.8, 4) is 0 Å². The smallest absolute Gasteiger partial charge is 0.337 e. The van der Waals surface area contributed by atoms with Crippen LogP contribution in [-0.2, 0) is 14.3 Å². The number of ether oxygens (including phenoxy) is 1. The second-order valence-corrected chi connectivity index (χ2v) is 8.61. The molecular formula is C26H19Cl2N3O5. The largest absolute Gasteiger partial charge is 0.465 e. The van der Waals surface area contributed by atoms with Gasteiger partial charge in [0.05, 0.1) is 18.4 Å². The van der Waals surface area contributed by atoms with Gasteiger partial charge >= 0.3 is 5.97 Å². The van der Waals surface area contributed by atoms with Crippen molar-refractivity contribution in [1.29, 1.82) is 0 Å². The molecule has 0 saturated carbocycles. The third-order valence-electron chi connectivity index (χ3n) is 5.42. The molecule has 0 atom stereocenters. The van der Waals surface area contributed by atoms with Crippen LogP contribution in [0.2, 0.25) is 5.02 Å². The summed E-state index contributed by atoms with van der Waals surface area (Å²) < 4.78 is 4.66. The van der Waals surface area contributed by atoms with E-state index < -0.39 is 23.7 Å². The van der Waals surface area contributed by atoms with Crippen LogP contribution in [-0.4, -0.2) is 30.8 Å². The average Bonchev–Trinajstić information content (AvgIpc) is 3.08. The summed E-state index contributed by atoms with van der Waals surface area (Å²) in [6.07, 6.45) is 0. The zero-order valence-electron chi connectivity index (χ0n) is 19.1. The number of carbonyl (C=O) groups is 4. The minimum Gasteiger partial charge on any atom is -0.465 e. The molecule has 4 rings (SSSR count). The lowest BCUT2D eigenvalue weighted by molar-refractivity contribution is -0.120. The van der Waals surface area contributed by atoms with Crippen molar-refractivity contribution >= 4 is 64.0 Å². The van der Waals surface area contributed by atoms with Crippen molar-refractivity contribution in [2.45, 2.75) is 6.92 Å². The number of methoxy groups -OCH3 is 1. The molecule has 3 aromatic carbocycles. The number of imide groups is 1. The topological polar surface area (TPSA) is 105 Å². The highest BCUT2D eigenvalue weighted by atomic mass is 35.5. The molecular weight excluding hydrogens is 505 g/mol. The van der Waals surface area contributed by atoms with E-state index >= 15 is 0 Å². The minimum atomic E-state index is -0.687. The first-order valence-electron chi connectivity index (χ1n) is 10.6. The summed E-state index contributed by atoms with van der Waals surface area (Å²) >= 11 is 12.2. The molecule has 3 amide bonds. The summed E-state index contributed by atoms with van der Waals surface area (Å²) in [4.78, 5) is 51.1. The monoisotopic (exact) mass is 523 g/mol. The Labute approximate surface area is 216 Å². The lowest BCUT2D eigenvalue weighted by atomic mass is 10.1. The average molecular weight is 524 g/mol. The molecule has 0 radical (unpaired) electrons. The Hall–Kier alpha value is -4.14. The van der Waals surface area contributed by atoms with Crippen LogP contribution in [0.4, 0.5) is 17.1 Å². The highest BCUT2D eigenvalue weighted by molar-refractivity contribution is 6.53. The van der Waals surface area contributed by atoms with Crippen LogP contribution >= 0.6 is 23.2 Å². The molecule has 1 aliphatic rings. The van der Waals surface area contributed by atoms with E-state index in [1.54, 1.807) is 55.5 Å². The van der Waals surface area contributed by atoms with E-state index in [-0.39, 0.29) is 16.4 Å². The fourth-order valence-corrected chi connectivity index (χ4v) is 3.90. The van der Waals surface area contributed by atoms with Crippen LogP contribution in [0.1, 0.15) is 26.3 Å². The molecule has 0 unspecified atom stereocenters. The van der Waals surface area contributed by atoms with Gasteiger partial charge in [-0.3, -0.25) is 14.4 Å². The first-order valence-corrected chi connectivity index (χ1v) is 11.4. The summed E-state index contributed by atoms with van der Waals surface area (Å²) in [5.74, 6) is -2.23. The number of carbonyl (C=O) groups excluding carboxylic acids is 4. The van der Waals surface area contributed by atoms with E-state index in [4.69, 9.17) is 23.2 Å². The zero-order valence-corrected chi connectivity index (χ0v) is 20.6. The second-order valence-electron chi connectivity index (χ2n) is 7.79. The first-order chi connectivity index (χ1) is 17.2. The van der Waals surface area contributed by atoms with Crippen molar-refractivity contribution in [2.24, 2.45) is 0 Å². The van der Waals surface area contributed by atoms with Crippen LogP contribution < -0.4 is 15.5 Å². The van der Waals surface area contributed by atoms with Gasteiger partial charge < -0.3 is 15.4 Å². The number of hydrogen-bond acceptors (Lipinski definition) is 6. The van der Waals surface area contributed by atoms with Crippen LogP contribution in [0.25, 0.3) is 0 Å². The molecule has 182 valence electrons. The van der Waals surface area contributed by atoms with Gasteiger partial charge in [-0.25, -0.2) is 9.69 Å². The number of anilines is 3. The molecule has 0 aliphatic carbocycles. The van der Waals surface area contributed by atoms with Crippen molar-refractivity contribution in [3.05, 3.63) is 99.2 Å². The lowest BCUT2D eigenvalue weighted by Gasteiger charge is -2.16. The summed E-state index contributed by atoms with van der Waals surface area (Å²) in [5, 5.41) is 5.74. The molecule has 1 aliphatic heterocycles. The number of hydrogen-bond donors (Lipinski definition) is 2. The van der Waals surface area contributed by atoms with Crippen molar-refractivity contribution < 1.29 is 23.9 Å². The lowest BCUT2D eigenvalue weighted by Crippen LogP contribution is -2.32. The Morgan fingerprint density at radius 2 is 1.58 bits per heavy atom. The number of nitrogens with zero attached hydrogens (tertiary/aromatic N) is 1. The maximum atomic E-state index is 13.1. The molecule has 2 N–H and O–H groups in total. The number of nitrogens with one attached hydrogen (secondary N) is 2. The van der Waals surface area contributed by atoms with Gasteiger partial charge in [0, 0.05) is 22.0 Å². The molecule has 10 heteroatoms. The maximum absolute atomic E-state index is 13.1. The molecule has 36 heavy (non-hydrogen) atoms. The van der Waals surface area contributed by atoms with E-state index in [1.807, 2.05) is 0 Å². The fourth-order valence-electron chi connectivity index (χ4n) is 3.50. The van der Waals surface area contributed by atoms with Gasteiger partial charge in [-0.15, -0.1) is 0 Å². The van der Waals surface area contributed by atoms with Crippen molar-refractivity contribution in [2.75, 3.05) is 22.6 Å². The maximum Gasteiger partial charge on any atom is 0.337 e. The number of benzene rings is 3. The molecule has 0 spiro atoms. The Bertz CT molecular complexity index is 1430. The van der Waals surface area contributed by atoms with E-state index in [9.17, 15) is 19.2 Å². The van der Waals surface area contributed by atoms with Gasteiger partial charge in [-0.2, -0.15) is 0 Å². The summed E-state index contributed by atoms with van der Waals surface area (Å²) in [6.45, 7) is 1.78. The summed E-state index contributed by atoms with van der Waals surface area (Å²) in [5.41, 5.74) is 2.43. The van der Waals surface area contributed by atoms with Gasteiger partial charge in [0.2, 0.25) is 0 Å². The Kier molecular flexibility index (Phi) is 7.10. The van der Waals surface area contributed by atoms with E-state index in [0.717, 1.165) is 4.90 Å². The Balaban J connectivity index is 1.54. The van der Waals surface area contributed by atoms with Gasteiger partial charge in [-0.1, -0.05) is 35.3 Å². The molecule has 0 aromatic heterocycles. The van der Waals surface area contributed by atoms with Crippen LogP contribution in [0.3, 0.4) is 0 Å².